The molecule has 0 amide bonds. The highest BCUT2D eigenvalue weighted by Gasteiger charge is 2.26. The third-order valence-electron chi connectivity index (χ3n) is 3.87. The Balaban J connectivity index is 1.91. The molecule has 102 valence electrons. The first-order valence-electron chi connectivity index (χ1n) is 7.25. The van der Waals surface area contributed by atoms with E-state index in [4.69, 9.17) is 10.3 Å². The Kier molecular flexibility index (Phi) is 4.75. The van der Waals surface area contributed by atoms with E-state index in [1.54, 1.807) is 0 Å². The van der Waals surface area contributed by atoms with Crippen LogP contribution in [0.15, 0.2) is 4.52 Å². The number of rotatable bonds is 5. The van der Waals surface area contributed by atoms with Gasteiger partial charge in [-0.05, 0) is 31.1 Å². The molecule has 1 unspecified atom stereocenters. The number of aromatic nitrogens is 2. The first-order valence-corrected chi connectivity index (χ1v) is 7.25. The molecule has 0 saturated heterocycles. The summed E-state index contributed by atoms with van der Waals surface area (Å²) in [6.07, 6.45) is 8.29. The van der Waals surface area contributed by atoms with Crippen molar-refractivity contribution in [3.63, 3.8) is 0 Å². The molecule has 1 heterocycles. The van der Waals surface area contributed by atoms with Crippen LogP contribution in [0.3, 0.4) is 0 Å². The van der Waals surface area contributed by atoms with Crippen molar-refractivity contribution in [2.45, 2.75) is 64.8 Å². The largest absolute Gasteiger partial charge is 0.338 e. The monoisotopic (exact) mass is 251 g/mol. The standard InChI is InChI=1S/C14H25N3O/c1-10(2)8-9-12-16-14(18-17-12)13(15)11-6-4-3-5-7-11/h10-11,13H,3-9,15H2,1-2H3. The third kappa shape index (κ3) is 3.55. The maximum atomic E-state index is 6.24. The first kappa shape index (κ1) is 13.5. The Hall–Kier alpha value is -0.900. The second-order valence-corrected chi connectivity index (χ2v) is 5.91. The maximum absolute atomic E-state index is 6.24. The normalized spacial score (nSPS) is 19.3. The molecule has 1 atom stereocenters. The molecular weight excluding hydrogens is 226 g/mol. The number of hydrogen-bond donors (Lipinski definition) is 1. The first-order chi connectivity index (χ1) is 8.66. The zero-order valence-corrected chi connectivity index (χ0v) is 11.6. The van der Waals surface area contributed by atoms with E-state index >= 15 is 0 Å². The molecule has 1 aromatic rings. The molecule has 1 aliphatic rings. The quantitative estimate of drug-likeness (QED) is 0.872. The van der Waals surface area contributed by atoms with Crippen LogP contribution < -0.4 is 5.73 Å². The van der Waals surface area contributed by atoms with Crippen LogP contribution in [-0.4, -0.2) is 10.1 Å². The zero-order valence-electron chi connectivity index (χ0n) is 11.6. The Labute approximate surface area is 109 Å². The van der Waals surface area contributed by atoms with Gasteiger partial charge in [-0.2, -0.15) is 4.98 Å². The minimum atomic E-state index is -0.0643. The minimum Gasteiger partial charge on any atom is -0.338 e. The van der Waals surface area contributed by atoms with Crippen LogP contribution in [0.4, 0.5) is 0 Å². The van der Waals surface area contributed by atoms with Gasteiger partial charge in [-0.15, -0.1) is 0 Å². The summed E-state index contributed by atoms with van der Waals surface area (Å²) in [5, 5.41) is 4.04. The van der Waals surface area contributed by atoms with Gasteiger partial charge in [-0.3, -0.25) is 0 Å². The molecule has 0 aliphatic heterocycles. The van der Waals surface area contributed by atoms with Gasteiger partial charge in [0.25, 0.3) is 0 Å². The lowest BCUT2D eigenvalue weighted by molar-refractivity contribution is 0.255. The average Bonchev–Trinajstić information content (AvgIpc) is 2.85. The maximum Gasteiger partial charge on any atom is 0.243 e. The van der Waals surface area contributed by atoms with Crippen molar-refractivity contribution in [3.05, 3.63) is 11.7 Å². The van der Waals surface area contributed by atoms with E-state index in [9.17, 15) is 0 Å². The molecule has 0 aromatic carbocycles. The molecule has 18 heavy (non-hydrogen) atoms. The van der Waals surface area contributed by atoms with Crippen LogP contribution >= 0.6 is 0 Å². The summed E-state index contributed by atoms with van der Waals surface area (Å²) >= 11 is 0. The van der Waals surface area contributed by atoms with E-state index in [2.05, 4.69) is 24.0 Å². The van der Waals surface area contributed by atoms with Gasteiger partial charge >= 0.3 is 0 Å². The van der Waals surface area contributed by atoms with Crippen molar-refractivity contribution in [3.8, 4) is 0 Å². The van der Waals surface area contributed by atoms with Gasteiger partial charge in [0.1, 0.15) is 0 Å². The van der Waals surface area contributed by atoms with Crippen LogP contribution in [-0.2, 0) is 6.42 Å². The Bertz CT molecular complexity index is 356. The van der Waals surface area contributed by atoms with Gasteiger partial charge in [-0.1, -0.05) is 38.3 Å². The summed E-state index contributed by atoms with van der Waals surface area (Å²) in [5.74, 6) is 2.64. The number of aryl methyl sites for hydroxylation is 1. The second-order valence-electron chi connectivity index (χ2n) is 5.91. The van der Waals surface area contributed by atoms with Crippen LogP contribution in [0, 0.1) is 11.8 Å². The summed E-state index contributed by atoms with van der Waals surface area (Å²) in [7, 11) is 0. The fourth-order valence-electron chi connectivity index (χ4n) is 2.62. The van der Waals surface area contributed by atoms with E-state index in [-0.39, 0.29) is 6.04 Å². The Morgan fingerprint density at radius 2 is 2.00 bits per heavy atom. The van der Waals surface area contributed by atoms with Crippen LogP contribution in [0.25, 0.3) is 0 Å². The van der Waals surface area contributed by atoms with Gasteiger partial charge in [0.15, 0.2) is 5.82 Å². The van der Waals surface area contributed by atoms with E-state index in [0.717, 1.165) is 18.7 Å². The Morgan fingerprint density at radius 3 is 2.67 bits per heavy atom. The van der Waals surface area contributed by atoms with Gasteiger partial charge < -0.3 is 10.3 Å². The van der Waals surface area contributed by atoms with Gasteiger partial charge in [0, 0.05) is 6.42 Å². The van der Waals surface area contributed by atoms with Gasteiger partial charge in [0.05, 0.1) is 6.04 Å². The van der Waals surface area contributed by atoms with E-state index in [0.29, 0.717) is 17.7 Å². The van der Waals surface area contributed by atoms with E-state index in [1.165, 1.54) is 32.1 Å². The predicted octanol–water partition coefficient (Wildman–Crippen LogP) is 3.24. The van der Waals surface area contributed by atoms with Crippen LogP contribution in [0.2, 0.25) is 0 Å². The number of hydrogen-bond acceptors (Lipinski definition) is 4. The van der Waals surface area contributed by atoms with E-state index < -0.39 is 0 Å². The highest BCUT2D eigenvalue weighted by atomic mass is 16.5. The summed E-state index contributed by atoms with van der Waals surface area (Å²) in [4.78, 5) is 4.45. The fraction of sp³-hybridized carbons (Fsp3) is 0.857. The topological polar surface area (TPSA) is 64.9 Å². The predicted molar refractivity (Wildman–Crippen MR) is 71.0 cm³/mol. The van der Waals surface area contributed by atoms with Crippen molar-refractivity contribution >= 4 is 0 Å². The summed E-state index contributed by atoms with van der Waals surface area (Å²) in [5.41, 5.74) is 6.24. The van der Waals surface area contributed by atoms with Crippen molar-refractivity contribution in [1.82, 2.24) is 10.1 Å². The highest BCUT2D eigenvalue weighted by Crippen LogP contribution is 2.32. The molecule has 1 fully saturated rings. The van der Waals surface area contributed by atoms with E-state index in [1.807, 2.05) is 0 Å². The smallest absolute Gasteiger partial charge is 0.243 e. The van der Waals surface area contributed by atoms with Crippen molar-refractivity contribution in [2.75, 3.05) is 0 Å². The molecule has 4 nitrogen and oxygen atoms in total. The minimum absolute atomic E-state index is 0.0643. The molecule has 1 aromatic heterocycles. The molecule has 4 heteroatoms. The lowest BCUT2D eigenvalue weighted by Gasteiger charge is -2.24. The highest BCUT2D eigenvalue weighted by molar-refractivity contribution is 4.95. The lowest BCUT2D eigenvalue weighted by atomic mass is 9.84. The molecule has 0 spiro atoms. The fourth-order valence-corrected chi connectivity index (χ4v) is 2.62. The average molecular weight is 251 g/mol. The molecule has 0 bridgehead atoms. The molecule has 2 rings (SSSR count). The zero-order chi connectivity index (χ0) is 13.0. The van der Waals surface area contributed by atoms with Crippen LogP contribution in [0.5, 0.6) is 0 Å². The lowest BCUT2D eigenvalue weighted by Crippen LogP contribution is -2.23. The van der Waals surface area contributed by atoms with Gasteiger partial charge in [0.2, 0.25) is 5.89 Å². The van der Waals surface area contributed by atoms with Crippen molar-refractivity contribution in [2.24, 2.45) is 17.6 Å². The molecule has 1 saturated carbocycles. The third-order valence-corrected chi connectivity index (χ3v) is 3.87. The summed E-state index contributed by atoms with van der Waals surface area (Å²) in [6, 6.07) is -0.0643. The summed E-state index contributed by atoms with van der Waals surface area (Å²) < 4.78 is 5.33. The van der Waals surface area contributed by atoms with Crippen molar-refractivity contribution < 1.29 is 4.52 Å². The SMILES string of the molecule is CC(C)CCc1noc(C(N)C2CCCCC2)n1. The number of nitrogens with zero attached hydrogens (tertiary/aromatic N) is 2. The van der Waals surface area contributed by atoms with Crippen molar-refractivity contribution in [1.29, 1.82) is 0 Å². The Morgan fingerprint density at radius 1 is 1.28 bits per heavy atom. The second kappa shape index (κ2) is 6.32. The number of nitrogens with two attached hydrogens (primary N) is 1. The van der Waals surface area contributed by atoms with Crippen LogP contribution in [0.1, 0.15) is 70.1 Å². The molecular formula is C14H25N3O. The molecule has 1 aliphatic carbocycles. The summed E-state index contributed by atoms with van der Waals surface area (Å²) in [6.45, 7) is 4.41. The van der Waals surface area contributed by atoms with Gasteiger partial charge in [-0.25, -0.2) is 0 Å². The molecule has 0 radical (unpaired) electrons. The molecule has 2 N–H and O–H groups in total.